The Hall–Kier alpha value is -1.12. The summed E-state index contributed by atoms with van der Waals surface area (Å²) in [4.78, 5) is 2.69. The van der Waals surface area contributed by atoms with Gasteiger partial charge in [-0.3, -0.25) is 0 Å². The molecule has 17 heavy (non-hydrogen) atoms. The number of aryl methyl sites for hydroxylation is 1. The van der Waals surface area contributed by atoms with Crippen LogP contribution in [0.1, 0.15) is 33.7 Å². The Morgan fingerprint density at radius 2 is 1.94 bits per heavy atom. The molecule has 0 spiro atoms. The molecule has 3 unspecified atom stereocenters. The molecule has 0 amide bonds. The van der Waals surface area contributed by atoms with E-state index in [0.717, 1.165) is 0 Å². The molecule has 1 aromatic heterocycles. The average Bonchev–Trinajstić information content (AvgIpc) is 3.05. The fourth-order valence-electron chi connectivity index (χ4n) is 2.54. The number of thiophene rings is 1. The quantitative estimate of drug-likeness (QED) is 0.870. The van der Waals surface area contributed by atoms with Gasteiger partial charge in [0.05, 0.1) is 0 Å². The Kier molecular flexibility index (Phi) is 2.77. The molecule has 2 aromatic rings. The van der Waals surface area contributed by atoms with Gasteiger partial charge in [0, 0.05) is 15.8 Å². The molecule has 2 heteroatoms. The molecule has 1 saturated carbocycles. The van der Waals surface area contributed by atoms with Gasteiger partial charge in [0.15, 0.2) is 0 Å². The largest absolute Gasteiger partial charge is 0.323 e. The summed E-state index contributed by atoms with van der Waals surface area (Å²) in [6.07, 6.45) is 1.24. The molecule has 1 aromatic carbocycles. The minimum Gasteiger partial charge on any atom is -0.323 e. The molecule has 3 atom stereocenters. The van der Waals surface area contributed by atoms with Crippen LogP contribution < -0.4 is 5.73 Å². The Balaban J connectivity index is 1.73. The van der Waals surface area contributed by atoms with Crippen LogP contribution in [0.4, 0.5) is 0 Å². The van der Waals surface area contributed by atoms with E-state index in [0.29, 0.717) is 11.8 Å². The average molecular weight is 243 g/mol. The zero-order valence-electron chi connectivity index (χ0n) is 9.97. The molecule has 1 aliphatic carbocycles. The van der Waals surface area contributed by atoms with Gasteiger partial charge in [-0.15, -0.1) is 11.3 Å². The summed E-state index contributed by atoms with van der Waals surface area (Å²) in [5.74, 6) is 1.31. The van der Waals surface area contributed by atoms with Gasteiger partial charge in [0.1, 0.15) is 0 Å². The molecule has 0 saturated heterocycles. The highest BCUT2D eigenvalue weighted by Gasteiger charge is 2.43. The molecule has 0 bridgehead atoms. The summed E-state index contributed by atoms with van der Waals surface area (Å²) in [6.45, 7) is 2.14. The van der Waals surface area contributed by atoms with E-state index in [1.807, 2.05) is 11.3 Å². The van der Waals surface area contributed by atoms with E-state index in [9.17, 15) is 0 Å². The fraction of sp³-hybridized carbons (Fsp3) is 0.333. The molecule has 0 aliphatic heterocycles. The SMILES string of the molecule is Cc1ccc(C(N)C2CC2c2ccccc2)s1. The van der Waals surface area contributed by atoms with Crippen LogP contribution in [0.15, 0.2) is 42.5 Å². The summed E-state index contributed by atoms with van der Waals surface area (Å²) in [6, 6.07) is 15.3. The predicted molar refractivity (Wildman–Crippen MR) is 73.3 cm³/mol. The van der Waals surface area contributed by atoms with Gasteiger partial charge < -0.3 is 5.73 Å². The maximum absolute atomic E-state index is 6.35. The van der Waals surface area contributed by atoms with E-state index in [1.165, 1.54) is 21.7 Å². The molecule has 1 heterocycles. The first-order valence-corrected chi connectivity index (χ1v) is 6.94. The Bertz CT molecular complexity index is 503. The fourth-order valence-corrected chi connectivity index (χ4v) is 3.49. The van der Waals surface area contributed by atoms with E-state index in [2.05, 4.69) is 49.4 Å². The summed E-state index contributed by atoms with van der Waals surface area (Å²) in [5, 5.41) is 0. The van der Waals surface area contributed by atoms with Crippen molar-refractivity contribution in [3.8, 4) is 0 Å². The van der Waals surface area contributed by atoms with Crippen molar-refractivity contribution in [2.24, 2.45) is 11.7 Å². The van der Waals surface area contributed by atoms with Crippen LogP contribution >= 0.6 is 11.3 Å². The number of hydrogen-bond acceptors (Lipinski definition) is 2. The molecule has 88 valence electrons. The van der Waals surface area contributed by atoms with Crippen molar-refractivity contribution in [1.82, 2.24) is 0 Å². The number of hydrogen-bond donors (Lipinski definition) is 1. The van der Waals surface area contributed by atoms with E-state index >= 15 is 0 Å². The molecule has 3 rings (SSSR count). The van der Waals surface area contributed by atoms with Crippen LogP contribution in [0.5, 0.6) is 0 Å². The van der Waals surface area contributed by atoms with Crippen LogP contribution in [0.2, 0.25) is 0 Å². The van der Waals surface area contributed by atoms with Gasteiger partial charge in [0.25, 0.3) is 0 Å². The second-order valence-electron chi connectivity index (χ2n) is 4.89. The normalized spacial score (nSPS) is 24.6. The smallest absolute Gasteiger partial charge is 0.0424 e. The van der Waals surface area contributed by atoms with Gasteiger partial charge in [-0.25, -0.2) is 0 Å². The lowest BCUT2D eigenvalue weighted by Crippen LogP contribution is -2.11. The predicted octanol–water partition coefficient (Wildman–Crippen LogP) is 3.86. The highest BCUT2D eigenvalue weighted by Crippen LogP contribution is 2.53. The van der Waals surface area contributed by atoms with E-state index in [-0.39, 0.29) is 6.04 Å². The van der Waals surface area contributed by atoms with Gasteiger partial charge in [0.2, 0.25) is 0 Å². The zero-order chi connectivity index (χ0) is 11.8. The summed E-state index contributed by atoms with van der Waals surface area (Å²) in [5.41, 5.74) is 7.80. The van der Waals surface area contributed by atoms with Crippen LogP contribution in [-0.2, 0) is 0 Å². The Labute approximate surface area is 106 Å². The summed E-state index contributed by atoms with van der Waals surface area (Å²) < 4.78 is 0. The highest BCUT2D eigenvalue weighted by atomic mass is 32.1. The number of benzene rings is 1. The number of nitrogens with two attached hydrogens (primary N) is 1. The van der Waals surface area contributed by atoms with Crippen LogP contribution in [-0.4, -0.2) is 0 Å². The third-order valence-corrected chi connectivity index (χ3v) is 4.72. The monoisotopic (exact) mass is 243 g/mol. The Morgan fingerprint density at radius 1 is 1.18 bits per heavy atom. The van der Waals surface area contributed by atoms with Gasteiger partial charge in [-0.2, -0.15) is 0 Å². The third-order valence-electron chi connectivity index (χ3n) is 3.62. The lowest BCUT2D eigenvalue weighted by atomic mass is 10.1. The van der Waals surface area contributed by atoms with Gasteiger partial charge >= 0.3 is 0 Å². The number of rotatable bonds is 3. The zero-order valence-corrected chi connectivity index (χ0v) is 10.8. The minimum atomic E-state index is 0.221. The maximum atomic E-state index is 6.35. The van der Waals surface area contributed by atoms with Crippen molar-refractivity contribution < 1.29 is 0 Å². The second-order valence-corrected chi connectivity index (χ2v) is 6.21. The Morgan fingerprint density at radius 3 is 2.59 bits per heavy atom. The van der Waals surface area contributed by atoms with Crippen molar-refractivity contribution in [3.63, 3.8) is 0 Å². The van der Waals surface area contributed by atoms with Crippen LogP contribution in [0.3, 0.4) is 0 Å². The van der Waals surface area contributed by atoms with Gasteiger partial charge in [-0.05, 0) is 42.9 Å². The van der Waals surface area contributed by atoms with Crippen LogP contribution in [0, 0.1) is 12.8 Å². The highest BCUT2D eigenvalue weighted by molar-refractivity contribution is 7.12. The summed E-state index contributed by atoms with van der Waals surface area (Å²) >= 11 is 1.84. The third kappa shape index (κ3) is 2.15. The topological polar surface area (TPSA) is 26.0 Å². The lowest BCUT2D eigenvalue weighted by molar-refractivity contribution is 0.626. The van der Waals surface area contributed by atoms with Crippen molar-refractivity contribution in [2.45, 2.75) is 25.3 Å². The van der Waals surface area contributed by atoms with Crippen LogP contribution in [0.25, 0.3) is 0 Å². The van der Waals surface area contributed by atoms with E-state index in [4.69, 9.17) is 5.73 Å². The van der Waals surface area contributed by atoms with E-state index in [1.54, 1.807) is 0 Å². The molecule has 0 radical (unpaired) electrons. The molecular formula is C15H17NS. The standard InChI is InChI=1S/C15H17NS/c1-10-7-8-14(17-10)15(16)13-9-12(13)11-5-3-2-4-6-11/h2-8,12-13,15H,9,16H2,1H3. The molecular weight excluding hydrogens is 226 g/mol. The first-order chi connectivity index (χ1) is 8.25. The first kappa shape index (κ1) is 11.0. The van der Waals surface area contributed by atoms with Crippen molar-refractivity contribution in [3.05, 3.63) is 57.8 Å². The molecule has 1 aliphatic rings. The lowest BCUT2D eigenvalue weighted by Gasteiger charge is -2.09. The van der Waals surface area contributed by atoms with Gasteiger partial charge in [-0.1, -0.05) is 30.3 Å². The second kappa shape index (κ2) is 4.28. The first-order valence-electron chi connectivity index (χ1n) is 6.12. The van der Waals surface area contributed by atoms with E-state index < -0.39 is 0 Å². The molecule has 2 N–H and O–H groups in total. The van der Waals surface area contributed by atoms with Crippen molar-refractivity contribution >= 4 is 11.3 Å². The molecule has 1 nitrogen and oxygen atoms in total. The maximum Gasteiger partial charge on any atom is 0.0424 e. The van der Waals surface area contributed by atoms with Crippen molar-refractivity contribution in [1.29, 1.82) is 0 Å². The molecule has 1 fully saturated rings. The minimum absolute atomic E-state index is 0.221. The van der Waals surface area contributed by atoms with Crippen molar-refractivity contribution in [2.75, 3.05) is 0 Å². The summed E-state index contributed by atoms with van der Waals surface area (Å²) in [7, 11) is 0.